The van der Waals surface area contributed by atoms with Crippen molar-refractivity contribution in [3.63, 3.8) is 0 Å². The van der Waals surface area contributed by atoms with Gasteiger partial charge in [-0.1, -0.05) is 0 Å². The van der Waals surface area contributed by atoms with E-state index in [1.807, 2.05) is 17.1 Å². The molecule has 0 saturated heterocycles. The van der Waals surface area contributed by atoms with Crippen molar-refractivity contribution in [1.82, 2.24) is 19.3 Å². The highest BCUT2D eigenvalue weighted by atomic mass is 16.1. The number of aromatic nitrogens is 4. The van der Waals surface area contributed by atoms with Gasteiger partial charge in [-0.05, 0) is 25.3 Å². The van der Waals surface area contributed by atoms with Gasteiger partial charge in [-0.15, -0.1) is 0 Å². The molecule has 0 fully saturated rings. The molecule has 2 aromatic heterocycles. The van der Waals surface area contributed by atoms with Crippen LogP contribution in [0, 0.1) is 0 Å². The second kappa shape index (κ2) is 4.72. The average molecular weight is 285 g/mol. The highest BCUT2D eigenvalue weighted by Gasteiger charge is 2.33. The second-order valence-corrected chi connectivity index (χ2v) is 5.80. The Kier molecular flexibility index (Phi) is 2.83. The van der Waals surface area contributed by atoms with Crippen molar-refractivity contribution in [3.05, 3.63) is 29.5 Å². The van der Waals surface area contributed by atoms with Gasteiger partial charge in [-0.25, -0.2) is 4.98 Å². The van der Waals surface area contributed by atoms with Gasteiger partial charge in [0.25, 0.3) is 0 Å². The molecule has 2 aromatic rings. The second-order valence-electron chi connectivity index (χ2n) is 5.80. The first-order chi connectivity index (χ1) is 10.3. The van der Waals surface area contributed by atoms with E-state index in [0.717, 1.165) is 48.8 Å². The number of fused-ring (bicyclic) bond motifs is 3. The first-order valence-electron chi connectivity index (χ1n) is 7.67. The van der Waals surface area contributed by atoms with Crippen LogP contribution in [0.15, 0.2) is 12.4 Å². The molecule has 21 heavy (non-hydrogen) atoms. The molecule has 1 N–H and O–H groups in total. The topological polar surface area (TPSA) is 64.7 Å². The molecule has 1 amide bonds. The minimum Gasteiger partial charge on any atom is -0.314 e. The quantitative estimate of drug-likeness (QED) is 0.916. The molecule has 2 aliphatic heterocycles. The molecule has 2 aliphatic rings. The summed E-state index contributed by atoms with van der Waals surface area (Å²) in [5.41, 5.74) is 2.10. The summed E-state index contributed by atoms with van der Waals surface area (Å²) in [5, 5.41) is 7.36. The van der Waals surface area contributed by atoms with Crippen LogP contribution < -0.4 is 5.32 Å². The van der Waals surface area contributed by atoms with Gasteiger partial charge in [-0.2, -0.15) is 5.10 Å². The molecule has 0 aromatic carbocycles. The van der Waals surface area contributed by atoms with Crippen LogP contribution in [0.4, 0.5) is 5.82 Å². The fourth-order valence-electron chi connectivity index (χ4n) is 3.35. The van der Waals surface area contributed by atoms with Gasteiger partial charge in [0.1, 0.15) is 11.6 Å². The van der Waals surface area contributed by atoms with Crippen LogP contribution in [0.3, 0.4) is 0 Å². The minimum absolute atomic E-state index is 0.0344. The number of imidazole rings is 1. The molecule has 0 unspecified atom stereocenters. The van der Waals surface area contributed by atoms with Gasteiger partial charge in [0.2, 0.25) is 5.91 Å². The molecular weight excluding hydrogens is 266 g/mol. The third-order valence-electron chi connectivity index (χ3n) is 4.46. The number of amides is 1. The molecule has 4 rings (SSSR count). The summed E-state index contributed by atoms with van der Waals surface area (Å²) in [4.78, 5) is 16.9. The number of rotatable bonds is 2. The van der Waals surface area contributed by atoms with Crippen LogP contribution in [-0.4, -0.2) is 25.2 Å². The third-order valence-corrected chi connectivity index (χ3v) is 4.46. The van der Waals surface area contributed by atoms with Crippen molar-refractivity contribution in [3.8, 4) is 0 Å². The van der Waals surface area contributed by atoms with Crippen LogP contribution in [0.1, 0.15) is 49.2 Å². The van der Waals surface area contributed by atoms with Crippen molar-refractivity contribution in [1.29, 1.82) is 0 Å². The van der Waals surface area contributed by atoms with Crippen molar-refractivity contribution in [2.75, 3.05) is 5.32 Å². The number of nitrogens with one attached hydrogen (secondary N) is 1. The molecule has 1 atom stereocenters. The van der Waals surface area contributed by atoms with Crippen molar-refractivity contribution < 1.29 is 4.79 Å². The lowest BCUT2D eigenvalue weighted by Crippen LogP contribution is -2.25. The summed E-state index contributed by atoms with van der Waals surface area (Å²) in [6.07, 6.45) is 7.70. The van der Waals surface area contributed by atoms with Crippen LogP contribution in [0.25, 0.3) is 0 Å². The molecule has 110 valence electrons. The number of anilines is 1. The Morgan fingerprint density at radius 3 is 3.14 bits per heavy atom. The number of hydrogen-bond donors (Lipinski definition) is 1. The normalized spacial score (nSPS) is 20.8. The Labute approximate surface area is 123 Å². The molecule has 0 aliphatic carbocycles. The van der Waals surface area contributed by atoms with Crippen molar-refractivity contribution in [2.24, 2.45) is 0 Å². The van der Waals surface area contributed by atoms with E-state index >= 15 is 0 Å². The smallest absolute Gasteiger partial charge is 0.226 e. The molecule has 6 heteroatoms. The van der Waals surface area contributed by atoms with E-state index in [0.29, 0.717) is 6.42 Å². The fraction of sp³-hybridized carbons (Fsp3) is 0.533. The lowest BCUT2D eigenvalue weighted by molar-refractivity contribution is -0.116. The Morgan fingerprint density at radius 1 is 1.43 bits per heavy atom. The summed E-state index contributed by atoms with van der Waals surface area (Å²) < 4.78 is 4.09. The van der Waals surface area contributed by atoms with Crippen molar-refractivity contribution >= 4 is 11.7 Å². The van der Waals surface area contributed by atoms with Gasteiger partial charge < -0.3 is 9.88 Å². The first kappa shape index (κ1) is 12.6. The van der Waals surface area contributed by atoms with Gasteiger partial charge in [-0.3, -0.25) is 9.48 Å². The lowest BCUT2D eigenvalue weighted by Gasteiger charge is -2.23. The van der Waals surface area contributed by atoms with E-state index in [1.165, 1.54) is 6.42 Å². The summed E-state index contributed by atoms with van der Waals surface area (Å²) in [6.45, 7) is 3.86. The first-order valence-corrected chi connectivity index (χ1v) is 7.67. The zero-order valence-corrected chi connectivity index (χ0v) is 12.2. The van der Waals surface area contributed by atoms with Crippen LogP contribution in [0.2, 0.25) is 0 Å². The Morgan fingerprint density at radius 2 is 2.33 bits per heavy atom. The minimum atomic E-state index is 0.0344. The summed E-state index contributed by atoms with van der Waals surface area (Å²) in [5.74, 6) is 2.13. The molecule has 6 nitrogen and oxygen atoms in total. The van der Waals surface area contributed by atoms with Gasteiger partial charge >= 0.3 is 0 Å². The van der Waals surface area contributed by atoms with E-state index in [4.69, 9.17) is 4.98 Å². The largest absolute Gasteiger partial charge is 0.314 e. The van der Waals surface area contributed by atoms with Gasteiger partial charge in [0, 0.05) is 38.0 Å². The molecule has 0 radical (unpaired) electrons. The summed E-state index contributed by atoms with van der Waals surface area (Å²) >= 11 is 0. The number of hydrogen-bond acceptors (Lipinski definition) is 3. The summed E-state index contributed by atoms with van der Waals surface area (Å²) in [7, 11) is 0. The maximum absolute atomic E-state index is 12.1. The SMILES string of the molecule is CCn1cc([C@H]2CC(=O)Nc3c2nc2n3CCCC2)cn1. The molecule has 0 saturated carbocycles. The summed E-state index contributed by atoms with van der Waals surface area (Å²) in [6, 6.07) is 0. The van der Waals surface area contributed by atoms with Crippen LogP contribution in [0.5, 0.6) is 0 Å². The highest BCUT2D eigenvalue weighted by molar-refractivity contribution is 5.94. The maximum atomic E-state index is 12.1. The van der Waals surface area contributed by atoms with Crippen LogP contribution in [-0.2, 0) is 24.3 Å². The highest BCUT2D eigenvalue weighted by Crippen LogP contribution is 2.38. The van der Waals surface area contributed by atoms with Crippen LogP contribution >= 0.6 is 0 Å². The molecule has 4 heterocycles. The standard InChI is InChI=1S/C15H19N5O/c1-2-19-9-10(8-16-19)11-7-13(21)18-15-14(11)17-12-5-3-4-6-20(12)15/h8-9,11H,2-7H2,1H3,(H,18,21)/t11-/m1/s1. The molecular formula is C15H19N5O. The number of carbonyl (C=O) groups is 1. The Bertz CT molecular complexity index is 699. The monoisotopic (exact) mass is 285 g/mol. The van der Waals surface area contributed by atoms with Gasteiger partial charge in [0.15, 0.2) is 0 Å². The zero-order valence-electron chi connectivity index (χ0n) is 12.2. The zero-order chi connectivity index (χ0) is 14.4. The Hall–Kier alpha value is -2.11. The van der Waals surface area contributed by atoms with E-state index in [-0.39, 0.29) is 11.8 Å². The lowest BCUT2D eigenvalue weighted by atomic mass is 9.92. The average Bonchev–Trinajstić information content (AvgIpc) is 3.11. The predicted molar refractivity (Wildman–Crippen MR) is 78.2 cm³/mol. The van der Waals surface area contributed by atoms with E-state index in [1.54, 1.807) is 0 Å². The predicted octanol–water partition coefficient (Wildman–Crippen LogP) is 1.91. The fourth-order valence-corrected chi connectivity index (χ4v) is 3.35. The van der Waals surface area contributed by atoms with Gasteiger partial charge in [0.05, 0.1) is 11.9 Å². The third kappa shape index (κ3) is 1.97. The number of aryl methyl sites for hydroxylation is 2. The van der Waals surface area contributed by atoms with Crippen molar-refractivity contribution in [2.45, 2.75) is 51.6 Å². The Balaban J connectivity index is 1.80. The maximum Gasteiger partial charge on any atom is 0.226 e. The van der Waals surface area contributed by atoms with E-state index in [2.05, 4.69) is 21.9 Å². The number of nitrogens with zero attached hydrogens (tertiary/aromatic N) is 4. The number of carbonyl (C=O) groups excluding carboxylic acids is 1. The molecule has 0 bridgehead atoms. The molecule has 0 spiro atoms. The van der Waals surface area contributed by atoms with E-state index in [9.17, 15) is 4.79 Å². The van der Waals surface area contributed by atoms with E-state index < -0.39 is 0 Å².